The Hall–Kier alpha value is -1.35. The van der Waals surface area contributed by atoms with Crippen molar-refractivity contribution in [2.75, 3.05) is 0 Å². The first-order valence-electron chi connectivity index (χ1n) is 15.9. The number of carbonyl (C=O) groups is 1. The van der Waals surface area contributed by atoms with Gasteiger partial charge in [0.1, 0.15) is 4.88 Å². The molecule has 5 aliphatic rings. The molecule has 3 heteroatoms. The third kappa shape index (κ3) is 3.53. The minimum Gasteiger partial charge on any atom is -0.477 e. The predicted molar refractivity (Wildman–Crippen MR) is 164 cm³/mol. The summed E-state index contributed by atoms with van der Waals surface area (Å²) in [6.07, 6.45) is 16.1. The van der Waals surface area contributed by atoms with Crippen LogP contribution in [-0.2, 0) is 0 Å². The van der Waals surface area contributed by atoms with Gasteiger partial charge in [-0.2, -0.15) is 0 Å². The van der Waals surface area contributed by atoms with Crippen LogP contribution in [0.25, 0.3) is 5.57 Å². The second-order valence-electron chi connectivity index (χ2n) is 15.9. The second kappa shape index (κ2) is 8.83. The van der Waals surface area contributed by atoms with Crippen LogP contribution in [0.5, 0.6) is 0 Å². The Morgan fingerprint density at radius 3 is 2.36 bits per heavy atom. The van der Waals surface area contributed by atoms with E-state index in [4.69, 9.17) is 0 Å². The summed E-state index contributed by atoms with van der Waals surface area (Å²) in [4.78, 5) is 13.2. The number of hydrogen-bond donors (Lipinski definition) is 1. The quantitative estimate of drug-likeness (QED) is 0.380. The van der Waals surface area contributed by atoms with Crippen molar-refractivity contribution in [1.29, 1.82) is 0 Å². The Kier molecular flexibility index (Phi) is 6.29. The van der Waals surface area contributed by atoms with E-state index in [1.54, 1.807) is 6.07 Å². The zero-order valence-electron chi connectivity index (χ0n) is 25.7. The molecule has 0 spiro atoms. The number of allylic oxidation sites excluding steroid dienone is 3. The average molecular weight is 549 g/mol. The van der Waals surface area contributed by atoms with Gasteiger partial charge in [-0.15, -0.1) is 11.3 Å². The summed E-state index contributed by atoms with van der Waals surface area (Å²) < 4.78 is 0. The lowest BCUT2D eigenvalue weighted by atomic mass is 9.32. The van der Waals surface area contributed by atoms with Crippen LogP contribution >= 0.6 is 11.3 Å². The second-order valence-corrected chi connectivity index (χ2v) is 17.0. The molecule has 0 saturated heterocycles. The Morgan fingerprint density at radius 1 is 0.974 bits per heavy atom. The summed E-state index contributed by atoms with van der Waals surface area (Å²) in [6.45, 7) is 22.4. The van der Waals surface area contributed by atoms with Gasteiger partial charge < -0.3 is 5.11 Å². The highest BCUT2D eigenvalue weighted by Crippen LogP contribution is 2.78. The highest BCUT2D eigenvalue weighted by atomic mass is 32.1. The number of hydrogen-bond acceptors (Lipinski definition) is 2. The molecule has 4 saturated carbocycles. The first kappa shape index (κ1) is 27.8. The average Bonchev–Trinajstić information content (AvgIpc) is 3.50. The third-order valence-corrected chi connectivity index (χ3v) is 15.7. The van der Waals surface area contributed by atoms with E-state index in [-0.39, 0.29) is 5.41 Å². The first-order chi connectivity index (χ1) is 18.2. The zero-order valence-corrected chi connectivity index (χ0v) is 26.5. The van der Waals surface area contributed by atoms with Crippen molar-refractivity contribution in [3.63, 3.8) is 0 Å². The van der Waals surface area contributed by atoms with Crippen molar-refractivity contribution in [2.24, 2.45) is 56.7 Å². The first-order valence-corrected chi connectivity index (χ1v) is 16.8. The third-order valence-electron chi connectivity index (χ3n) is 14.6. The molecule has 0 unspecified atom stereocenters. The molecule has 9 atom stereocenters. The monoisotopic (exact) mass is 548 g/mol. The summed E-state index contributed by atoms with van der Waals surface area (Å²) in [5, 5.41) is 9.55. The van der Waals surface area contributed by atoms with Crippen LogP contribution in [0.1, 0.15) is 127 Å². The van der Waals surface area contributed by atoms with Crippen LogP contribution in [0.4, 0.5) is 0 Å². The Bertz CT molecular complexity index is 1220. The lowest BCUT2D eigenvalue weighted by molar-refractivity contribution is -0.225. The molecular weight excluding hydrogens is 496 g/mol. The maximum absolute atomic E-state index is 11.6. The standard InChI is InChI=1S/C36H52O2S/c1-9-36-19-14-23(22(2)3)30(36)25-10-13-29-33(6)17-15-24(26-11-12-27(39-26)31(37)38)32(4,5)28(33)16-18-35(29,8)34(25,7)20-21-36/h11-12,15,23,25,28-30H,2,9-10,13-14,16-21H2,1,3-8H3,(H,37,38)/t23-,25+,28-,29+,30+,33-,34+,35+,36+/m0/s1. The molecule has 1 aromatic heterocycles. The Balaban J connectivity index is 1.37. The predicted octanol–water partition coefficient (Wildman–Crippen LogP) is 10.5. The maximum Gasteiger partial charge on any atom is 0.345 e. The fourth-order valence-electron chi connectivity index (χ4n) is 12.5. The molecule has 1 N–H and O–H groups in total. The van der Waals surface area contributed by atoms with E-state index in [9.17, 15) is 9.90 Å². The lowest BCUT2D eigenvalue weighted by Crippen LogP contribution is -2.65. The molecular formula is C36H52O2S. The van der Waals surface area contributed by atoms with Crippen molar-refractivity contribution in [2.45, 2.75) is 113 Å². The molecule has 214 valence electrons. The van der Waals surface area contributed by atoms with E-state index in [2.05, 4.69) is 67.2 Å². The van der Waals surface area contributed by atoms with E-state index >= 15 is 0 Å². The minimum atomic E-state index is -0.806. The molecule has 4 fully saturated rings. The topological polar surface area (TPSA) is 37.3 Å². The molecule has 0 aromatic carbocycles. The number of carboxylic acid groups (broad SMARTS) is 1. The fourth-order valence-corrected chi connectivity index (χ4v) is 13.6. The number of rotatable bonds is 4. The van der Waals surface area contributed by atoms with E-state index < -0.39 is 5.97 Å². The van der Waals surface area contributed by atoms with Crippen LogP contribution < -0.4 is 0 Å². The Labute approximate surface area is 241 Å². The van der Waals surface area contributed by atoms with E-state index in [1.165, 1.54) is 85.1 Å². The van der Waals surface area contributed by atoms with Gasteiger partial charge >= 0.3 is 5.97 Å². The van der Waals surface area contributed by atoms with Crippen molar-refractivity contribution < 1.29 is 9.90 Å². The zero-order chi connectivity index (χ0) is 28.2. The largest absolute Gasteiger partial charge is 0.477 e. The van der Waals surface area contributed by atoms with Gasteiger partial charge in [0.15, 0.2) is 0 Å². The number of carboxylic acids is 1. The van der Waals surface area contributed by atoms with Crippen LogP contribution in [-0.4, -0.2) is 11.1 Å². The summed E-state index contributed by atoms with van der Waals surface area (Å²) in [6, 6.07) is 3.86. The van der Waals surface area contributed by atoms with Crippen molar-refractivity contribution in [1.82, 2.24) is 0 Å². The van der Waals surface area contributed by atoms with Gasteiger partial charge in [0, 0.05) is 4.88 Å². The normalized spacial score (nSPS) is 46.3. The lowest BCUT2D eigenvalue weighted by Gasteiger charge is -2.72. The Morgan fingerprint density at radius 2 is 1.72 bits per heavy atom. The van der Waals surface area contributed by atoms with Gasteiger partial charge in [-0.3, -0.25) is 0 Å². The number of aromatic carboxylic acids is 1. The fraction of sp³-hybridized carbons (Fsp3) is 0.750. The molecule has 0 aliphatic heterocycles. The van der Waals surface area contributed by atoms with Crippen LogP contribution in [0.15, 0.2) is 30.4 Å². The SMILES string of the molecule is C=C(C)[C@@H]1CC[C@]2(CC)CC[C@]3(C)[C@H](CC[C@@H]4[C@@]5(C)CC=C(c6ccc(C(=O)O)s6)C(C)(C)[C@@H]5CC[C@]43C)[C@@H]12. The van der Waals surface area contributed by atoms with E-state index in [1.807, 2.05) is 0 Å². The molecule has 1 heterocycles. The maximum atomic E-state index is 11.6. The van der Waals surface area contributed by atoms with Crippen LogP contribution in [0, 0.1) is 56.7 Å². The molecule has 5 aliphatic carbocycles. The minimum absolute atomic E-state index is 0.0487. The summed E-state index contributed by atoms with van der Waals surface area (Å²) >= 11 is 1.46. The summed E-state index contributed by atoms with van der Waals surface area (Å²) in [7, 11) is 0. The summed E-state index contributed by atoms with van der Waals surface area (Å²) in [5.74, 6) is 2.96. The van der Waals surface area contributed by atoms with Crippen molar-refractivity contribution in [3.8, 4) is 0 Å². The van der Waals surface area contributed by atoms with Gasteiger partial charge in [0.05, 0.1) is 0 Å². The van der Waals surface area contributed by atoms with Gasteiger partial charge in [-0.1, -0.05) is 66.2 Å². The van der Waals surface area contributed by atoms with E-state index in [0.717, 1.165) is 30.1 Å². The molecule has 0 amide bonds. The van der Waals surface area contributed by atoms with Crippen molar-refractivity contribution in [3.05, 3.63) is 40.1 Å². The van der Waals surface area contributed by atoms with Gasteiger partial charge in [0.2, 0.25) is 0 Å². The molecule has 39 heavy (non-hydrogen) atoms. The molecule has 0 bridgehead atoms. The highest BCUT2D eigenvalue weighted by Gasteiger charge is 2.70. The van der Waals surface area contributed by atoms with Gasteiger partial charge in [0.25, 0.3) is 0 Å². The smallest absolute Gasteiger partial charge is 0.345 e. The molecule has 1 aromatic rings. The van der Waals surface area contributed by atoms with Gasteiger partial charge in [-0.25, -0.2) is 4.79 Å². The molecule has 0 radical (unpaired) electrons. The highest BCUT2D eigenvalue weighted by molar-refractivity contribution is 7.15. The van der Waals surface area contributed by atoms with Crippen LogP contribution in [0.2, 0.25) is 0 Å². The van der Waals surface area contributed by atoms with Crippen LogP contribution in [0.3, 0.4) is 0 Å². The van der Waals surface area contributed by atoms with Gasteiger partial charge in [-0.05, 0) is 139 Å². The van der Waals surface area contributed by atoms with Crippen molar-refractivity contribution >= 4 is 22.9 Å². The van der Waals surface area contributed by atoms with E-state index in [0.29, 0.717) is 32.5 Å². The summed E-state index contributed by atoms with van der Waals surface area (Å²) in [5.41, 5.74) is 4.53. The molecule has 2 nitrogen and oxygen atoms in total. The molecule has 6 rings (SSSR count). The number of fused-ring (bicyclic) bond motifs is 7. The number of thiophene rings is 1.